The van der Waals surface area contributed by atoms with Gasteiger partial charge < -0.3 is 53.1 Å². The third kappa shape index (κ3) is 46.6. The number of ether oxygens (including phenoxy) is 9. The van der Waals surface area contributed by atoms with Crippen LogP contribution in [0, 0.1) is 0 Å². The largest absolute Gasteiger partial charge is 0.481 e. The van der Waals surface area contributed by atoms with Gasteiger partial charge in [-0.25, -0.2) is 0 Å². The van der Waals surface area contributed by atoms with Gasteiger partial charge in [0.15, 0.2) is 0 Å². The van der Waals surface area contributed by atoms with Crippen molar-refractivity contribution < 1.29 is 57.3 Å². The molecule has 51 heavy (non-hydrogen) atoms. The number of hydrogen-bond acceptors (Lipinski definition) is 11. The van der Waals surface area contributed by atoms with Gasteiger partial charge in [0.05, 0.1) is 112 Å². The van der Waals surface area contributed by atoms with E-state index in [1.807, 2.05) is 0 Å². The Morgan fingerprint density at radius 2 is 0.647 bits per heavy atom. The Kier molecular flexibility index (Phi) is 43.5. The van der Waals surface area contributed by atoms with Gasteiger partial charge in [-0.15, -0.1) is 0 Å². The van der Waals surface area contributed by atoms with Crippen molar-refractivity contribution in [1.29, 1.82) is 0 Å². The van der Waals surface area contributed by atoms with E-state index >= 15 is 0 Å². The molecule has 13 nitrogen and oxygen atoms in total. The van der Waals surface area contributed by atoms with Crippen molar-refractivity contribution in [3.8, 4) is 0 Å². The van der Waals surface area contributed by atoms with Gasteiger partial charge in [-0.3, -0.25) is 9.59 Å². The molecule has 304 valence electrons. The highest BCUT2D eigenvalue weighted by Gasteiger charge is 2.04. The van der Waals surface area contributed by atoms with Crippen LogP contribution in [0.3, 0.4) is 0 Å². The molecule has 0 rings (SSSR count). The summed E-state index contributed by atoms with van der Waals surface area (Å²) in [6.45, 7) is 12.3. The van der Waals surface area contributed by atoms with E-state index in [2.05, 4.69) is 12.2 Å². The average Bonchev–Trinajstić information content (AvgIpc) is 3.12. The van der Waals surface area contributed by atoms with Crippen molar-refractivity contribution in [2.24, 2.45) is 0 Å². The number of hydrogen-bond donors (Lipinski definition) is 2. The van der Waals surface area contributed by atoms with E-state index < -0.39 is 5.97 Å². The number of nitrogens with one attached hydrogen (secondary N) is 1. The zero-order chi connectivity index (χ0) is 37.0. The van der Waals surface area contributed by atoms with Gasteiger partial charge in [-0.2, -0.15) is 0 Å². The fourth-order valence-electron chi connectivity index (χ4n) is 4.79. The Bertz CT molecular complexity index is 704. The first kappa shape index (κ1) is 49.6. The molecule has 0 aromatic rings. The van der Waals surface area contributed by atoms with E-state index in [4.69, 9.17) is 47.7 Å². The molecule has 0 unspecified atom stereocenters. The summed E-state index contributed by atoms with van der Waals surface area (Å²) in [5.74, 6) is -1.24. The molecular formula is C38H75NO12. The summed E-state index contributed by atoms with van der Waals surface area (Å²) in [6, 6.07) is 0. The maximum atomic E-state index is 11.4. The standard InChI is InChI=1S/C38H75NO12/c1-2-3-4-5-6-7-8-9-10-11-12-13-14-19-43-21-23-45-25-27-47-29-31-49-33-35-51-36-34-50-32-30-48-28-26-46-24-22-44-20-15-18-39-37(40)16-17-38(41)42/h2-36H2,1H3,(H,39,40)(H,41,42). The Morgan fingerprint density at radius 1 is 0.373 bits per heavy atom. The van der Waals surface area contributed by atoms with Crippen LogP contribution in [0.5, 0.6) is 0 Å². The van der Waals surface area contributed by atoms with Gasteiger partial charge in [0.25, 0.3) is 0 Å². The smallest absolute Gasteiger partial charge is 0.303 e. The van der Waals surface area contributed by atoms with E-state index in [1.165, 1.54) is 77.0 Å². The predicted molar refractivity (Wildman–Crippen MR) is 198 cm³/mol. The van der Waals surface area contributed by atoms with Crippen LogP contribution < -0.4 is 5.32 Å². The lowest BCUT2D eigenvalue weighted by atomic mass is 10.0. The van der Waals surface area contributed by atoms with Gasteiger partial charge >= 0.3 is 5.97 Å². The number of carboxylic acids is 1. The quantitative estimate of drug-likeness (QED) is 0.0750. The number of aliphatic carboxylic acids is 1. The molecule has 0 aliphatic heterocycles. The molecule has 0 atom stereocenters. The minimum Gasteiger partial charge on any atom is -0.481 e. The Hall–Kier alpha value is -1.42. The summed E-state index contributed by atoms with van der Waals surface area (Å²) < 4.78 is 49.6. The highest BCUT2D eigenvalue weighted by Crippen LogP contribution is 2.12. The van der Waals surface area contributed by atoms with Crippen LogP contribution in [0.2, 0.25) is 0 Å². The number of carboxylic acid groups (broad SMARTS) is 1. The SMILES string of the molecule is CCCCCCCCCCCCCCCOCCOCCOCCOCCOCCOCCOCCOCCOCCCNC(=O)CCC(=O)O. The third-order valence-electron chi connectivity index (χ3n) is 7.72. The second kappa shape index (κ2) is 44.7. The van der Waals surface area contributed by atoms with Gasteiger partial charge in [0.2, 0.25) is 5.91 Å². The molecule has 0 aromatic heterocycles. The molecular weight excluding hydrogens is 662 g/mol. The molecule has 0 saturated carbocycles. The van der Waals surface area contributed by atoms with Crippen LogP contribution in [0.4, 0.5) is 0 Å². The van der Waals surface area contributed by atoms with Crippen molar-refractivity contribution in [1.82, 2.24) is 5.32 Å². The lowest BCUT2D eigenvalue weighted by molar-refractivity contribution is -0.138. The highest BCUT2D eigenvalue weighted by molar-refractivity contribution is 5.80. The lowest BCUT2D eigenvalue weighted by Crippen LogP contribution is -2.25. The molecule has 0 radical (unpaired) electrons. The van der Waals surface area contributed by atoms with Crippen molar-refractivity contribution in [3.63, 3.8) is 0 Å². The highest BCUT2D eigenvalue weighted by atomic mass is 16.6. The third-order valence-corrected chi connectivity index (χ3v) is 7.72. The number of amides is 1. The van der Waals surface area contributed by atoms with Crippen LogP contribution in [0.1, 0.15) is 110 Å². The summed E-state index contributed by atoms with van der Waals surface area (Å²) in [7, 11) is 0. The first-order valence-corrected chi connectivity index (χ1v) is 19.8. The minimum atomic E-state index is -0.978. The summed E-state index contributed by atoms with van der Waals surface area (Å²) in [4.78, 5) is 21.8. The van der Waals surface area contributed by atoms with Gasteiger partial charge in [0, 0.05) is 26.2 Å². The van der Waals surface area contributed by atoms with Gasteiger partial charge in [-0.1, -0.05) is 84.0 Å². The van der Waals surface area contributed by atoms with Gasteiger partial charge in [0.1, 0.15) is 0 Å². The van der Waals surface area contributed by atoms with Crippen LogP contribution in [-0.4, -0.2) is 142 Å². The van der Waals surface area contributed by atoms with Crippen LogP contribution in [0.25, 0.3) is 0 Å². The predicted octanol–water partition coefficient (Wildman–Crippen LogP) is 5.60. The van der Waals surface area contributed by atoms with Crippen molar-refractivity contribution in [2.75, 3.05) is 125 Å². The lowest BCUT2D eigenvalue weighted by Gasteiger charge is -2.09. The number of rotatable bonds is 45. The van der Waals surface area contributed by atoms with Crippen molar-refractivity contribution >= 4 is 11.9 Å². The molecule has 0 heterocycles. The molecule has 0 spiro atoms. The maximum Gasteiger partial charge on any atom is 0.303 e. The minimum absolute atomic E-state index is 0.00561. The monoisotopic (exact) mass is 738 g/mol. The van der Waals surface area contributed by atoms with Crippen molar-refractivity contribution in [2.45, 2.75) is 110 Å². The van der Waals surface area contributed by atoms with Crippen molar-refractivity contribution in [3.05, 3.63) is 0 Å². The Labute approximate surface area is 309 Å². The van der Waals surface area contributed by atoms with Crippen LogP contribution in [-0.2, 0) is 52.2 Å². The zero-order valence-corrected chi connectivity index (χ0v) is 32.2. The molecule has 0 aliphatic carbocycles. The molecule has 0 bridgehead atoms. The molecule has 2 N–H and O–H groups in total. The topological polar surface area (TPSA) is 149 Å². The van der Waals surface area contributed by atoms with E-state index in [1.54, 1.807) is 0 Å². The average molecular weight is 738 g/mol. The fraction of sp³-hybridized carbons (Fsp3) is 0.947. The normalized spacial score (nSPS) is 11.4. The molecule has 1 amide bonds. The summed E-state index contributed by atoms with van der Waals surface area (Å²) >= 11 is 0. The first-order valence-electron chi connectivity index (χ1n) is 19.8. The van der Waals surface area contributed by atoms with E-state index in [0.29, 0.717) is 125 Å². The van der Waals surface area contributed by atoms with E-state index in [-0.39, 0.29) is 18.7 Å². The molecule has 0 fully saturated rings. The summed E-state index contributed by atoms with van der Waals surface area (Å²) in [5.41, 5.74) is 0. The Balaban J connectivity index is 3.08. The zero-order valence-electron chi connectivity index (χ0n) is 32.2. The van der Waals surface area contributed by atoms with E-state index in [9.17, 15) is 9.59 Å². The number of carbonyl (C=O) groups excluding carboxylic acids is 1. The Morgan fingerprint density at radius 3 is 0.961 bits per heavy atom. The second-order valence-electron chi connectivity index (χ2n) is 12.4. The number of unbranched alkanes of at least 4 members (excludes halogenated alkanes) is 12. The molecule has 0 aromatic carbocycles. The first-order chi connectivity index (χ1) is 25.2. The fourth-order valence-corrected chi connectivity index (χ4v) is 4.79. The van der Waals surface area contributed by atoms with E-state index in [0.717, 1.165) is 13.0 Å². The molecule has 13 heteroatoms. The molecule has 0 saturated heterocycles. The number of carbonyl (C=O) groups is 2. The van der Waals surface area contributed by atoms with Crippen LogP contribution >= 0.6 is 0 Å². The maximum absolute atomic E-state index is 11.4. The molecule has 0 aliphatic rings. The second-order valence-corrected chi connectivity index (χ2v) is 12.4. The van der Waals surface area contributed by atoms with Crippen LogP contribution in [0.15, 0.2) is 0 Å². The summed E-state index contributed by atoms with van der Waals surface area (Å²) in [5, 5.41) is 11.2. The van der Waals surface area contributed by atoms with Gasteiger partial charge in [-0.05, 0) is 12.8 Å². The summed E-state index contributed by atoms with van der Waals surface area (Å²) in [6.07, 6.45) is 18.2.